The molecule has 6 heteroatoms. The molecule has 0 radical (unpaired) electrons. The maximum atomic E-state index is 12.1. The number of nitrogens with zero attached hydrogens (tertiary/aromatic N) is 2. The minimum Gasteiger partial charge on any atom is -0.449 e. The second kappa shape index (κ2) is 6.63. The zero-order valence-corrected chi connectivity index (χ0v) is 14.3. The van der Waals surface area contributed by atoms with E-state index in [4.69, 9.17) is 14.4 Å². The van der Waals surface area contributed by atoms with E-state index >= 15 is 0 Å². The van der Waals surface area contributed by atoms with Gasteiger partial charge in [0, 0.05) is 18.6 Å². The molecule has 2 rings (SSSR count). The van der Waals surface area contributed by atoms with E-state index in [0.717, 1.165) is 18.6 Å². The fraction of sp³-hybridized carbons (Fsp3) is 0.647. The van der Waals surface area contributed by atoms with Gasteiger partial charge in [0.25, 0.3) is 0 Å². The fourth-order valence-electron chi connectivity index (χ4n) is 2.52. The van der Waals surface area contributed by atoms with E-state index < -0.39 is 5.60 Å². The van der Waals surface area contributed by atoms with Gasteiger partial charge in [-0.1, -0.05) is 0 Å². The number of rotatable bonds is 3. The summed E-state index contributed by atoms with van der Waals surface area (Å²) >= 11 is 0. The van der Waals surface area contributed by atoms with Crippen molar-refractivity contribution in [3.63, 3.8) is 0 Å². The number of nitriles is 1. The number of furan rings is 1. The number of hydrogen-bond donors (Lipinski definition) is 1. The van der Waals surface area contributed by atoms with Crippen LogP contribution in [0.25, 0.3) is 0 Å². The summed E-state index contributed by atoms with van der Waals surface area (Å²) in [6, 6.07) is 5.46. The number of carbonyl (C=O) groups is 1. The smallest absolute Gasteiger partial charge is 0.410 e. The molecule has 6 nitrogen and oxygen atoms in total. The SMILES string of the molecule is CC1(NCc2ccc(C#N)o2)CCN(C(=O)OC(C)(C)C)CC1. The summed E-state index contributed by atoms with van der Waals surface area (Å²) in [7, 11) is 0. The molecule has 1 aromatic heterocycles. The van der Waals surface area contributed by atoms with Gasteiger partial charge in [0.05, 0.1) is 6.54 Å². The minimum atomic E-state index is -0.464. The van der Waals surface area contributed by atoms with Crippen LogP contribution in [0.1, 0.15) is 52.1 Å². The second-order valence-electron chi connectivity index (χ2n) is 7.26. The van der Waals surface area contributed by atoms with Gasteiger partial charge in [0.1, 0.15) is 17.4 Å². The highest BCUT2D eigenvalue weighted by molar-refractivity contribution is 5.68. The molecule has 126 valence electrons. The Hall–Kier alpha value is -2.00. The van der Waals surface area contributed by atoms with E-state index in [0.29, 0.717) is 25.4 Å². The van der Waals surface area contributed by atoms with Gasteiger partial charge in [-0.05, 0) is 52.7 Å². The van der Waals surface area contributed by atoms with Crippen molar-refractivity contribution in [2.24, 2.45) is 0 Å². The van der Waals surface area contributed by atoms with Crippen molar-refractivity contribution in [1.82, 2.24) is 10.2 Å². The van der Waals surface area contributed by atoms with Crippen molar-refractivity contribution in [1.29, 1.82) is 5.26 Å². The van der Waals surface area contributed by atoms with Crippen LogP contribution in [0.4, 0.5) is 4.79 Å². The topological polar surface area (TPSA) is 78.5 Å². The van der Waals surface area contributed by atoms with E-state index in [9.17, 15) is 4.79 Å². The first-order valence-electron chi connectivity index (χ1n) is 7.93. The molecule has 1 aliphatic rings. The lowest BCUT2D eigenvalue weighted by Crippen LogP contribution is -2.53. The first-order chi connectivity index (χ1) is 10.7. The molecule has 2 heterocycles. The second-order valence-corrected chi connectivity index (χ2v) is 7.26. The van der Waals surface area contributed by atoms with E-state index in [1.54, 1.807) is 11.0 Å². The van der Waals surface area contributed by atoms with Crippen molar-refractivity contribution < 1.29 is 13.9 Å². The first-order valence-corrected chi connectivity index (χ1v) is 7.93. The summed E-state index contributed by atoms with van der Waals surface area (Å²) in [6.45, 7) is 9.68. The summed E-state index contributed by atoms with van der Waals surface area (Å²) in [5, 5.41) is 12.2. The Balaban J connectivity index is 1.82. The normalized spacial score (nSPS) is 17.6. The number of carbonyl (C=O) groups excluding carboxylic acids is 1. The van der Waals surface area contributed by atoms with Gasteiger partial charge in [-0.2, -0.15) is 5.26 Å². The molecule has 0 atom stereocenters. The van der Waals surface area contributed by atoms with Crippen LogP contribution in [0, 0.1) is 11.3 Å². The monoisotopic (exact) mass is 319 g/mol. The van der Waals surface area contributed by atoms with Crippen LogP contribution < -0.4 is 5.32 Å². The molecule has 1 N–H and O–H groups in total. The Morgan fingerprint density at radius 3 is 2.61 bits per heavy atom. The molecule has 0 aliphatic carbocycles. The zero-order chi connectivity index (χ0) is 17.1. The molecule has 1 aliphatic heterocycles. The van der Waals surface area contributed by atoms with Crippen LogP contribution in [0.5, 0.6) is 0 Å². The van der Waals surface area contributed by atoms with Crippen molar-refractivity contribution in [2.45, 2.75) is 58.2 Å². The van der Waals surface area contributed by atoms with Crippen molar-refractivity contribution in [3.05, 3.63) is 23.7 Å². The third-order valence-corrected chi connectivity index (χ3v) is 3.98. The van der Waals surface area contributed by atoms with E-state index in [1.165, 1.54) is 0 Å². The molecule has 0 spiro atoms. The molecular formula is C17H25N3O3. The lowest BCUT2D eigenvalue weighted by Gasteiger charge is -2.40. The summed E-state index contributed by atoms with van der Waals surface area (Å²) in [5.74, 6) is 1.07. The van der Waals surface area contributed by atoms with Gasteiger partial charge in [0.15, 0.2) is 0 Å². The highest BCUT2D eigenvalue weighted by Gasteiger charge is 2.33. The summed E-state index contributed by atoms with van der Waals surface area (Å²) in [6.07, 6.45) is 1.44. The van der Waals surface area contributed by atoms with Crippen LogP contribution in [0.15, 0.2) is 16.5 Å². The van der Waals surface area contributed by atoms with Gasteiger partial charge in [-0.15, -0.1) is 0 Å². The van der Waals surface area contributed by atoms with Crippen LogP contribution in [-0.4, -0.2) is 35.2 Å². The number of ether oxygens (including phenoxy) is 1. The van der Waals surface area contributed by atoms with Gasteiger partial charge < -0.3 is 19.4 Å². The van der Waals surface area contributed by atoms with Crippen molar-refractivity contribution in [2.75, 3.05) is 13.1 Å². The molecule has 0 saturated carbocycles. The van der Waals surface area contributed by atoms with Gasteiger partial charge >= 0.3 is 6.09 Å². The van der Waals surface area contributed by atoms with Gasteiger partial charge in [0.2, 0.25) is 5.76 Å². The number of amides is 1. The zero-order valence-electron chi connectivity index (χ0n) is 14.3. The fourth-order valence-corrected chi connectivity index (χ4v) is 2.52. The molecule has 1 saturated heterocycles. The molecule has 0 unspecified atom stereocenters. The molecule has 1 aromatic rings. The van der Waals surface area contributed by atoms with Crippen LogP contribution in [0.3, 0.4) is 0 Å². The standard InChI is InChI=1S/C17H25N3O3/c1-16(2,3)23-15(21)20-9-7-17(4,8-10-20)19-12-14-6-5-13(11-18)22-14/h5-6,19H,7-10,12H2,1-4H3. The summed E-state index contributed by atoms with van der Waals surface area (Å²) in [5.41, 5.74) is -0.522. The Morgan fingerprint density at radius 1 is 1.43 bits per heavy atom. The van der Waals surface area contributed by atoms with Crippen molar-refractivity contribution >= 4 is 6.09 Å². The van der Waals surface area contributed by atoms with Crippen LogP contribution in [0.2, 0.25) is 0 Å². The lowest BCUT2D eigenvalue weighted by atomic mass is 9.89. The van der Waals surface area contributed by atoms with Crippen LogP contribution >= 0.6 is 0 Å². The summed E-state index contributed by atoms with van der Waals surface area (Å²) < 4.78 is 10.8. The number of hydrogen-bond acceptors (Lipinski definition) is 5. The quantitative estimate of drug-likeness (QED) is 0.926. The van der Waals surface area contributed by atoms with Gasteiger partial charge in [-0.3, -0.25) is 0 Å². The van der Waals surface area contributed by atoms with Crippen LogP contribution in [-0.2, 0) is 11.3 Å². The first kappa shape index (κ1) is 17.4. The Bertz CT molecular complexity index is 587. The largest absolute Gasteiger partial charge is 0.449 e. The molecule has 0 aromatic carbocycles. The van der Waals surface area contributed by atoms with Gasteiger partial charge in [-0.25, -0.2) is 4.79 Å². The average molecular weight is 319 g/mol. The number of nitrogens with one attached hydrogen (secondary N) is 1. The molecule has 1 amide bonds. The Labute approximate surface area is 137 Å². The summed E-state index contributed by atoms with van der Waals surface area (Å²) in [4.78, 5) is 13.8. The minimum absolute atomic E-state index is 0.0574. The number of likely N-dealkylation sites (tertiary alicyclic amines) is 1. The van der Waals surface area contributed by atoms with Crippen molar-refractivity contribution in [3.8, 4) is 6.07 Å². The van der Waals surface area contributed by atoms with E-state index in [2.05, 4.69) is 12.2 Å². The van der Waals surface area contributed by atoms with E-state index in [-0.39, 0.29) is 11.6 Å². The predicted octanol–water partition coefficient (Wildman–Crippen LogP) is 3.03. The maximum Gasteiger partial charge on any atom is 0.410 e. The predicted molar refractivity (Wildman–Crippen MR) is 85.7 cm³/mol. The molecule has 0 bridgehead atoms. The molecule has 23 heavy (non-hydrogen) atoms. The average Bonchev–Trinajstić information content (AvgIpc) is 2.92. The van der Waals surface area contributed by atoms with E-state index in [1.807, 2.05) is 32.9 Å². The maximum absolute atomic E-state index is 12.1. The third kappa shape index (κ3) is 5.00. The highest BCUT2D eigenvalue weighted by Crippen LogP contribution is 2.24. The Morgan fingerprint density at radius 2 is 2.09 bits per heavy atom. The lowest BCUT2D eigenvalue weighted by molar-refractivity contribution is 0.0155. The third-order valence-electron chi connectivity index (χ3n) is 3.98. The molecular weight excluding hydrogens is 294 g/mol. The highest BCUT2D eigenvalue weighted by atomic mass is 16.6. The number of piperidine rings is 1. The molecule has 1 fully saturated rings. The Kier molecular flexibility index (Phi) is 5.00.